The van der Waals surface area contributed by atoms with Crippen LogP contribution in [0, 0.1) is 6.92 Å². The molecule has 0 saturated carbocycles. The molecular formula is C28H29NO6. The quantitative estimate of drug-likeness (QED) is 0.168. The highest BCUT2D eigenvalue weighted by atomic mass is 16.6. The number of aliphatic carboxylic acids is 1. The second-order valence-electron chi connectivity index (χ2n) is 7.82. The summed E-state index contributed by atoms with van der Waals surface area (Å²) in [5.74, 6) is -0.0395. The van der Waals surface area contributed by atoms with E-state index in [4.69, 9.17) is 19.0 Å². The molecule has 3 aromatic rings. The van der Waals surface area contributed by atoms with E-state index in [0.717, 1.165) is 11.1 Å². The number of carboxylic acids is 1. The predicted octanol–water partition coefficient (Wildman–Crippen LogP) is 5.60. The Morgan fingerprint density at radius 2 is 1.71 bits per heavy atom. The van der Waals surface area contributed by atoms with E-state index in [2.05, 4.69) is 5.16 Å². The summed E-state index contributed by atoms with van der Waals surface area (Å²) in [7, 11) is 2.97. The van der Waals surface area contributed by atoms with E-state index in [9.17, 15) is 9.90 Å². The summed E-state index contributed by atoms with van der Waals surface area (Å²) in [4.78, 5) is 17.2. The molecule has 7 nitrogen and oxygen atoms in total. The van der Waals surface area contributed by atoms with Crippen molar-refractivity contribution < 1.29 is 28.9 Å². The molecule has 7 heteroatoms. The molecule has 1 N–H and O–H groups in total. The van der Waals surface area contributed by atoms with Crippen LogP contribution in [0.2, 0.25) is 0 Å². The third-order valence-electron chi connectivity index (χ3n) is 5.29. The second-order valence-corrected chi connectivity index (χ2v) is 7.82. The molecule has 0 radical (unpaired) electrons. The van der Waals surface area contributed by atoms with Crippen LogP contribution in [0.15, 0.2) is 78.1 Å². The van der Waals surface area contributed by atoms with Crippen LogP contribution >= 0.6 is 0 Å². The highest BCUT2D eigenvalue weighted by Crippen LogP contribution is 2.30. The van der Waals surface area contributed by atoms with Crippen LogP contribution in [0.3, 0.4) is 0 Å². The molecule has 0 amide bonds. The number of nitrogens with zero attached hydrogens (tertiary/aromatic N) is 1. The first kappa shape index (κ1) is 25.4. The van der Waals surface area contributed by atoms with Crippen LogP contribution in [0.5, 0.6) is 11.5 Å². The molecule has 0 unspecified atom stereocenters. The van der Waals surface area contributed by atoms with Gasteiger partial charge in [-0.25, -0.2) is 4.79 Å². The topological polar surface area (TPSA) is 86.6 Å². The minimum Gasteiger partial charge on any atom is -0.503 e. The van der Waals surface area contributed by atoms with Crippen molar-refractivity contribution in [1.29, 1.82) is 0 Å². The van der Waals surface area contributed by atoms with E-state index >= 15 is 0 Å². The maximum atomic E-state index is 11.7. The molecule has 0 saturated heterocycles. The molecule has 0 heterocycles. The number of methoxy groups -OCH3 is 2. The lowest BCUT2D eigenvalue weighted by Gasteiger charge is -2.15. The lowest BCUT2D eigenvalue weighted by molar-refractivity contribution is -0.130. The normalized spacial score (nSPS) is 11.7. The van der Waals surface area contributed by atoms with Crippen LogP contribution in [0.25, 0.3) is 5.57 Å². The first-order chi connectivity index (χ1) is 16.9. The first-order valence-corrected chi connectivity index (χ1v) is 11.0. The van der Waals surface area contributed by atoms with E-state index in [1.165, 1.54) is 18.9 Å². The Morgan fingerprint density at radius 3 is 2.40 bits per heavy atom. The maximum absolute atomic E-state index is 11.7. The molecule has 0 aliphatic carbocycles. The van der Waals surface area contributed by atoms with Gasteiger partial charge in [0.2, 0.25) is 0 Å². The lowest BCUT2D eigenvalue weighted by atomic mass is 10.0. The van der Waals surface area contributed by atoms with Gasteiger partial charge in [-0.2, -0.15) is 0 Å². The van der Waals surface area contributed by atoms with Gasteiger partial charge < -0.3 is 24.2 Å². The molecule has 3 aromatic carbocycles. The summed E-state index contributed by atoms with van der Waals surface area (Å²) < 4.78 is 16.5. The molecule has 0 aromatic heterocycles. The Morgan fingerprint density at radius 1 is 0.971 bits per heavy atom. The van der Waals surface area contributed by atoms with Crippen LogP contribution in [-0.2, 0) is 27.6 Å². The SMILES string of the molecule is COC=C(C(=O)O)c1ccccc1COc1cc(C(C)=NOCc2ccc(C)cc2)ccc1OC. The molecule has 0 bridgehead atoms. The molecule has 0 fully saturated rings. The zero-order chi connectivity index (χ0) is 25.2. The Bertz CT molecular complexity index is 1210. The summed E-state index contributed by atoms with van der Waals surface area (Å²) in [5, 5.41) is 13.8. The molecule has 0 atom stereocenters. The van der Waals surface area contributed by atoms with Crippen molar-refractivity contribution in [3.05, 3.63) is 101 Å². The second kappa shape index (κ2) is 12.3. The number of oxime groups is 1. The van der Waals surface area contributed by atoms with Crippen molar-refractivity contribution in [2.45, 2.75) is 27.1 Å². The van der Waals surface area contributed by atoms with E-state index in [1.807, 2.05) is 62.4 Å². The fourth-order valence-corrected chi connectivity index (χ4v) is 3.37. The van der Waals surface area contributed by atoms with Crippen molar-refractivity contribution in [1.82, 2.24) is 0 Å². The maximum Gasteiger partial charge on any atom is 0.339 e. The van der Waals surface area contributed by atoms with Crippen molar-refractivity contribution in [3.8, 4) is 11.5 Å². The van der Waals surface area contributed by atoms with Crippen LogP contribution in [0.1, 0.15) is 34.7 Å². The highest BCUT2D eigenvalue weighted by Gasteiger charge is 2.16. The Labute approximate surface area is 205 Å². The standard InChI is InChI=1S/C28H29NO6/c1-19-9-11-21(12-10-19)16-35-29-20(2)22-13-14-26(33-4)27(15-22)34-17-23-7-5-6-8-24(23)25(18-32-3)28(30)31/h5-15,18H,16-17H2,1-4H3,(H,30,31). The first-order valence-electron chi connectivity index (χ1n) is 11.0. The van der Waals surface area contributed by atoms with E-state index in [-0.39, 0.29) is 12.2 Å². The predicted molar refractivity (Wildman–Crippen MR) is 135 cm³/mol. The monoisotopic (exact) mass is 475 g/mol. The highest BCUT2D eigenvalue weighted by molar-refractivity contribution is 6.15. The van der Waals surface area contributed by atoms with Gasteiger partial charge in [-0.3, -0.25) is 0 Å². The van der Waals surface area contributed by atoms with Gasteiger partial charge in [-0.1, -0.05) is 59.3 Å². The molecule has 3 rings (SSSR count). The fourth-order valence-electron chi connectivity index (χ4n) is 3.37. The number of benzene rings is 3. The summed E-state index contributed by atoms with van der Waals surface area (Å²) in [6.45, 7) is 4.39. The van der Waals surface area contributed by atoms with Gasteiger partial charge in [0, 0.05) is 5.56 Å². The summed E-state index contributed by atoms with van der Waals surface area (Å²) in [5.41, 5.74) is 4.96. The molecule has 35 heavy (non-hydrogen) atoms. The average molecular weight is 476 g/mol. The number of hydrogen-bond acceptors (Lipinski definition) is 6. The smallest absolute Gasteiger partial charge is 0.339 e. The molecule has 0 aliphatic heterocycles. The van der Waals surface area contributed by atoms with Crippen molar-refractivity contribution >= 4 is 17.3 Å². The molecular weight excluding hydrogens is 446 g/mol. The van der Waals surface area contributed by atoms with E-state index in [0.29, 0.717) is 34.9 Å². The fraction of sp³-hybridized carbons (Fsp3) is 0.214. The Hall–Kier alpha value is -4.26. The van der Waals surface area contributed by atoms with Gasteiger partial charge in [0.1, 0.15) is 18.8 Å². The lowest BCUT2D eigenvalue weighted by Crippen LogP contribution is -2.07. The summed E-state index contributed by atoms with van der Waals surface area (Å²) >= 11 is 0. The van der Waals surface area contributed by atoms with Crippen LogP contribution < -0.4 is 9.47 Å². The third kappa shape index (κ3) is 6.86. The van der Waals surface area contributed by atoms with Gasteiger partial charge in [0.15, 0.2) is 11.5 Å². The molecule has 0 spiro atoms. The van der Waals surface area contributed by atoms with Crippen LogP contribution in [-0.4, -0.2) is 31.0 Å². The van der Waals surface area contributed by atoms with Crippen molar-refractivity contribution in [2.24, 2.45) is 5.16 Å². The molecule has 0 aliphatic rings. The van der Waals surface area contributed by atoms with Gasteiger partial charge in [0.05, 0.1) is 26.2 Å². The number of carboxylic acid groups (broad SMARTS) is 1. The number of rotatable bonds is 11. The zero-order valence-corrected chi connectivity index (χ0v) is 20.3. The minimum absolute atomic E-state index is 0.0427. The van der Waals surface area contributed by atoms with Crippen molar-refractivity contribution in [2.75, 3.05) is 14.2 Å². The van der Waals surface area contributed by atoms with Gasteiger partial charge in [-0.15, -0.1) is 0 Å². The van der Waals surface area contributed by atoms with E-state index < -0.39 is 5.97 Å². The summed E-state index contributed by atoms with van der Waals surface area (Å²) in [6, 6.07) is 20.7. The number of aryl methyl sites for hydroxylation is 1. The molecule has 182 valence electrons. The Kier molecular flexibility index (Phi) is 8.89. The van der Waals surface area contributed by atoms with Crippen molar-refractivity contribution in [3.63, 3.8) is 0 Å². The minimum atomic E-state index is -1.09. The van der Waals surface area contributed by atoms with Gasteiger partial charge in [-0.05, 0) is 48.7 Å². The van der Waals surface area contributed by atoms with Crippen LogP contribution in [0.4, 0.5) is 0 Å². The van der Waals surface area contributed by atoms with E-state index in [1.54, 1.807) is 25.3 Å². The number of hydrogen-bond donors (Lipinski definition) is 1. The third-order valence-corrected chi connectivity index (χ3v) is 5.29. The Balaban J connectivity index is 1.77. The summed E-state index contributed by atoms with van der Waals surface area (Å²) in [6.07, 6.45) is 1.21. The largest absolute Gasteiger partial charge is 0.503 e. The van der Waals surface area contributed by atoms with Gasteiger partial charge >= 0.3 is 5.97 Å². The number of carbonyl (C=O) groups is 1. The van der Waals surface area contributed by atoms with Gasteiger partial charge in [0.25, 0.3) is 0 Å². The zero-order valence-electron chi connectivity index (χ0n) is 20.3. The number of ether oxygens (including phenoxy) is 3. The average Bonchev–Trinajstić information content (AvgIpc) is 2.87.